The number of amides is 1. The molecule has 0 aromatic carbocycles. The number of nitrogens with two attached hydrogens (primary N) is 1. The predicted octanol–water partition coefficient (Wildman–Crippen LogP) is 6.85. The molecule has 0 aromatic heterocycles. The van der Waals surface area contributed by atoms with E-state index >= 15 is 0 Å². The summed E-state index contributed by atoms with van der Waals surface area (Å²) in [5.74, 6) is -0.462. The summed E-state index contributed by atoms with van der Waals surface area (Å²) >= 11 is 0. The Morgan fingerprint density at radius 3 is 1.93 bits per heavy atom. The minimum Gasteiger partial charge on any atom is -0.393 e. The number of nitrogens with one attached hydrogen (secondary N) is 1. The first-order valence-corrected chi connectivity index (χ1v) is 18.0. The summed E-state index contributed by atoms with van der Waals surface area (Å²) in [5.41, 5.74) is 5.31. The molecule has 0 fully saturated rings. The van der Waals surface area contributed by atoms with Crippen LogP contribution in [-0.2, 0) is 18.4 Å². The summed E-state index contributed by atoms with van der Waals surface area (Å²) in [6, 6.07) is -0.991. The van der Waals surface area contributed by atoms with Crippen molar-refractivity contribution in [1.82, 2.24) is 5.32 Å². The summed E-state index contributed by atoms with van der Waals surface area (Å²) in [7, 11) is -4.38. The topological polar surface area (TPSA) is 151 Å². The predicted molar refractivity (Wildman–Crippen MR) is 172 cm³/mol. The monoisotopic (exact) mass is 618 g/mol. The van der Waals surface area contributed by atoms with Gasteiger partial charge >= 0.3 is 7.82 Å². The van der Waals surface area contributed by atoms with Gasteiger partial charge in [-0.05, 0) is 25.7 Å². The van der Waals surface area contributed by atoms with Gasteiger partial charge in [0.2, 0.25) is 5.91 Å². The van der Waals surface area contributed by atoms with Crippen molar-refractivity contribution in [1.29, 1.82) is 0 Å². The van der Waals surface area contributed by atoms with Crippen molar-refractivity contribution in [2.24, 2.45) is 5.73 Å². The van der Waals surface area contributed by atoms with E-state index in [4.69, 9.17) is 14.8 Å². The van der Waals surface area contributed by atoms with E-state index in [9.17, 15) is 24.5 Å². The Kier molecular flexibility index (Phi) is 28.0. The molecule has 10 heteroatoms. The van der Waals surface area contributed by atoms with E-state index in [1.54, 1.807) is 6.08 Å². The van der Waals surface area contributed by atoms with Gasteiger partial charge in [0.1, 0.15) is 0 Å². The van der Waals surface area contributed by atoms with Crippen molar-refractivity contribution >= 4 is 13.7 Å². The molecule has 0 aliphatic rings. The number of unbranched alkanes of at least 4 members (excludes halogenated alkanes) is 14. The molecule has 0 heterocycles. The molecule has 0 bridgehead atoms. The number of aliphatic hydroxyl groups is 2. The minimum absolute atomic E-state index is 0.0449. The Labute approximate surface area is 256 Å². The molecule has 0 radical (unpaired) electrons. The Hall–Kier alpha value is -1.06. The summed E-state index contributed by atoms with van der Waals surface area (Å²) in [5, 5.41) is 23.7. The van der Waals surface area contributed by atoms with Crippen LogP contribution < -0.4 is 11.1 Å². The molecule has 0 aliphatic heterocycles. The third kappa shape index (κ3) is 26.6. The van der Waals surface area contributed by atoms with Crippen LogP contribution in [0.5, 0.6) is 0 Å². The zero-order valence-electron chi connectivity index (χ0n) is 26.6. The molecule has 0 saturated heterocycles. The first kappa shape index (κ1) is 40.9. The fourth-order valence-electron chi connectivity index (χ4n) is 4.55. The minimum atomic E-state index is -4.38. The van der Waals surface area contributed by atoms with Gasteiger partial charge in [0.05, 0.1) is 37.9 Å². The molecule has 4 atom stereocenters. The highest BCUT2D eigenvalue weighted by Crippen LogP contribution is 2.43. The van der Waals surface area contributed by atoms with Crippen LogP contribution >= 0.6 is 7.82 Å². The van der Waals surface area contributed by atoms with Gasteiger partial charge in [-0.2, -0.15) is 0 Å². The number of phosphoric acid groups is 1. The number of hydrogen-bond donors (Lipinski definition) is 5. The van der Waals surface area contributed by atoms with E-state index in [0.29, 0.717) is 12.8 Å². The van der Waals surface area contributed by atoms with Crippen LogP contribution in [0, 0.1) is 0 Å². The van der Waals surface area contributed by atoms with Crippen LogP contribution in [0.25, 0.3) is 0 Å². The smallest absolute Gasteiger partial charge is 0.393 e. The largest absolute Gasteiger partial charge is 0.472 e. The van der Waals surface area contributed by atoms with E-state index in [0.717, 1.165) is 38.5 Å². The van der Waals surface area contributed by atoms with E-state index in [1.807, 2.05) is 0 Å². The van der Waals surface area contributed by atoms with Gasteiger partial charge in [0.25, 0.3) is 0 Å². The van der Waals surface area contributed by atoms with Crippen molar-refractivity contribution < 1.29 is 33.5 Å². The third-order valence-corrected chi connectivity index (χ3v) is 8.05. The van der Waals surface area contributed by atoms with E-state index in [1.165, 1.54) is 70.3 Å². The molecule has 0 aromatic rings. The first-order chi connectivity index (χ1) is 20.3. The van der Waals surface area contributed by atoms with Gasteiger partial charge in [-0.25, -0.2) is 4.57 Å². The molecule has 0 aliphatic carbocycles. The van der Waals surface area contributed by atoms with Crippen molar-refractivity contribution in [2.45, 2.75) is 154 Å². The number of phosphoric ester groups is 1. The summed E-state index contributed by atoms with van der Waals surface area (Å²) < 4.78 is 21.8. The van der Waals surface area contributed by atoms with Gasteiger partial charge in [-0.1, -0.05) is 128 Å². The second-order valence-corrected chi connectivity index (χ2v) is 12.7. The number of carbonyl (C=O) groups excluding carboxylic acids is 1. The van der Waals surface area contributed by atoms with Gasteiger partial charge in [-0.15, -0.1) is 0 Å². The summed E-state index contributed by atoms with van der Waals surface area (Å²) in [4.78, 5) is 22.4. The third-order valence-electron chi connectivity index (χ3n) is 7.07. The quantitative estimate of drug-likeness (QED) is 0.0333. The highest BCUT2D eigenvalue weighted by molar-refractivity contribution is 7.47. The average Bonchev–Trinajstić information content (AvgIpc) is 2.96. The molecule has 4 unspecified atom stereocenters. The number of allylic oxidation sites excluding steroid dienone is 3. The first-order valence-electron chi connectivity index (χ1n) is 16.5. The molecule has 6 N–H and O–H groups in total. The average molecular weight is 619 g/mol. The fourth-order valence-corrected chi connectivity index (χ4v) is 5.31. The van der Waals surface area contributed by atoms with Gasteiger partial charge in [-0.3, -0.25) is 13.8 Å². The zero-order chi connectivity index (χ0) is 31.3. The zero-order valence-corrected chi connectivity index (χ0v) is 27.5. The van der Waals surface area contributed by atoms with E-state index < -0.39 is 38.6 Å². The normalized spacial score (nSPS) is 15.7. The van der Waals surface area contributed by atoms with Gasteiger partial charge < -0.3 is 26.2 Å². The molecule has 9 nitrogen and oxygen atoms in total. The van der Waals surface area contributed by atoms with Crippen LogP contribution in [0.4, 0.5) is 0 Å². The fraction of sp³-hybridized carbons (Fsp3) is 0.844. The highest BCUT2D eigenvalue weighted by atomic mass is 31.2. The number of rotatable bonds is 30. The van der Waals surface area contributed by atoms with Crippen LogP contribution in [0.15, 0.2) is 24.3 Å². The molecule has 0 saturated carbocycles. The standard InChI is InChI=1S/C32H63N2O7P/c1-3-5-7-9-11-12-13-14-15-16-18-19-21-23-29(35)27-32(37)34-30(28-41-42(38,39)40-26-25-33)31(36)24-22-20-17-10-8-6-4-2/h8,10,22,24,29-31,35-36H,3-7,9,11-21,23,25-28,33H2,1-2H3,(H,34,37)(H,38,39)/b10-8+,24-22+. The summed E-state index contributed by atoms with van der Waals surface area (Å²) in [6.45, 7) is 3.80. The Bertz CT molecular complexity index is 736. The SMILES string of the molecule is CCC/C=C/CC/C=C/C(O)C(COP(=O)(O)OCCN)NC(=O)CC(O)CCCCCCCCCCCCCCC. The second kappa shape index (κ2) is 28.7. The Morgan fingerprint density at radius 2 is 1.36 bits per heavy atom. The number of hydrogen-bond acceptors (Lipinski definition) is 7. The lowest BCUT2D eigenvalue weighted by molar-refractivity contribution is -0.124. The van der Waals surface area contributed by atoms with Crippen molar-refractivity contribution in [3.8, 4) is 0 Å². The van der Waals surface area contributed by atoms with E-state index in [2.05, 4.69) is 31.3 Å². The van der Waals surface area contributed by atoms with Crippen LogP contribution in [0.1, 0.15) is 136 Å². The van der Waals surface area contributed by atoms with Gasteiger partial charge in [0.15, 0.2) is 0 Å². The maximum atomic E-state index is 12.6. The maximum Gasteiger partial charge on any atom is 0.472 e. The van der Waals surface area contributed by atoms with Gasteiger partial charge in [0, 0.05) is 6.54 Å². The molecular formula is C32H63N2O7P. The molecule has 0 spiro atoms. The second-order valence-electron chi connectivity index (χ2n) is 11.2. The Morgan fingerprint density at radius 1 is 0.810 bits per heavy atom. The van der Waals surface area contributed by atoms with Crippen molar-refractivity contribution in [3.63, 3.8) is 0 Å². The molecular weight excluding hydrogens is 555 g/mol. The lowest BCUT2D eigenvalue weighted by atomic mass is 10.0. The molecule has 42 heavy (non-hydrogen) atoms. The highest BCUT2D eigenvalue weighted by Gasteiger charge is 2.27. The number of carbonyl (C=O) groups is 1. The number of aliphatic hydroxyl groups excluding tert-OH is 2. The maximum absolute atomic E-state index is 12.6. The van der Waals surface area contributed by atoms with Crippen LogP contribution in [0.2, 0.25) is 0 Å². The van der Waals surface area contributed by atoms with E-state index in [-0.39, 0.29) is 19.6 Å². The van der Waals surface area contributed by atoms with Crippen molar-refractivity contribution in [2.75, 3.05) is 19.8 Å². The van der Waals surface area contributed by atoms with Crippen LogP contribution in [-0.4, -0.2) is 59.0 Å². The lowest BCUT2D eigenvalue weighted by Gasteiger charge is -2.24. The summed E-state index contributed by atoms with van der Waals surface area (Å²) in [6.07, 6.45) is 25.8. The lowest BCUT2D eigenvalue weighted by Crippen LogP contribution is -2.46. The van der Waals surface area contributed by atoms with Crippen LogP contribution in [0.3, 0.4) is 0 Å². The van der Waals surface area contributed by atoms with Crippen molar-refractivity contribution in [3.05, 3.63) is 24.3 Å². The molecule has 248 valence electrons. The molecule has 0 rings (SSSR count). The Balaban J connectivity index is 4.43. The molecule has 1 amide bonds.